The van der Waals surface area contributed by atoms with E-state index in [0.29, 0.717) is 17.1 Å². The van der Waals surface area contributed by atoms with Crippen molar-refractivity contribution >= 4 is 17.4 Å². The van der Waals surface area contributed by atoms with Crippen LogP contribution in [0, 0.1) is 12.7 Å². The summed E-state index contributed by atoms with van der Waals surface area (Å²) in [6, 6.07) is 3.13. The molecule has 4 rings (SSSR count). The molecule has 3 N–H and O–H groups in total. The lowest BCUT2D eigenvalue weighted by Crippen LogP contribution is -2.20. The molecule has 164 valence electrons. The maximum Gasteiger partial charge on any atom is 0.166 e. The SMILES string of the molecule is Cc1c(OC2CCNC2)cc(F)c(Cl)c1C(C)Oc1cc(-c2cnn(C)c2)cnc1N. The fourth-order valence-corrected chi connectivity index (χ4v) is 4.10. The van der Waals surface area contributed by atoms with Crippen molar-refractivity contribution in [2.24, 2.45) is 7.05 Å². The highest BCUT2D eigenvalue weighted by atomic mass is 35.5. The van der Waals surface area contributed by atoms with Gasteiger partial charge in [0.05, 0.1) is 11.2 Å². The van der Waals surface area contributed by atoms with Gasteiger partial charge in [-0.2, -0.15) is 5.10 Å². The predicted molar refractivity (Wildman–Crippen MR) is 118 cm³/mol. The van der Waals surface area contributed by atoms with Crippen LogP contribution in [0.1, 0.15) is 30.6 Å². The fraction of sp³-hybridized carbons (Fsp3) is 0.364. The van der Waals surface area contributed by atoms with E-state index < -0.39 is 11.9 Å². The van der Waals surface area contributed by atoms with Gasteiger partial charge < -0.3 is 20.5 Å². The van der Waals surface area contributed by atoms with Crippen molar-refractivity contribution in [2.45, 2.75) is 32.5 Å². The van der Waals surface area contributed by atoms with Crippen LogP contribution in [0.25, 0.3) is 11.1 Å². The number of hydrogen-bond donors (Lipinski definition) is 2. The number of nitrogen functional groups attached to an aromatic ring is 1. The van der Waals surface area contributed by atoms with Crippen molar-refractivity contribution in [3.8, 4) is 22.6 Å². The normalized spacial score (nSPS) is 17.0. The Morgan fingerprint density at radius 1 is 1.29 bits per heavy atom. The summed E-state index contributed by atoms with van der Waals surface area (Å²) in [5.74, 6) is 0.541. The summed E-state index contributed by atoms with van der Waals surface area (Å²) in [6.45, 7) is 5.26. The first-order valence-corrected chi connectivity index (χ1v) is 10.5. The molecule has 3 aromatic rings. The Kier molecular flexibility index (Phi) is 6.02. The zero-order valence-corrected chi connectivity index (χ0v) is 18.4. The van der Waals surface area contributed by atoms with Crippen LogP contribution in [0.5, 0.6) is 11.5 Å². The number of hydrogen-bond acceptors (Lipinski definition) is 6. The molecule has 1 aromatic carbocycles. The Morgan fingerprint density at radius 3 is 2.77 bits per heavy atom. The lowest BCUT2D eigenvalue weighted by molar-refractivity contribution is 0.212. The van der Waals surface area contributed by atoms with E-state index in [9.17, 15) is 4.39 Å². The summed E-state index contributed by atoms with van der Waals surface area (Å²) in [5, 5.41) is 7.43. The first kappa shape index (κ1) is 21.4. The Morgan fingerprint density at radius 2 is 2.10 bits per heavy atom. The lowest BCUT2D eigenvalue weighted by atomic mass is 10.0. The van der Waals surface area contributed by atoms with Crippen LogP contribution >= 0.6 is 11.6 Å². The van der Waals surface area contributed by atoms with E-state index in [1.165, 1.54) is 6.07 Å². The number of nitrogens with two attached hydrogens (primary N) is 1. The van der Waals surface area contributed by atoms with Crippen LogP contribution in [-0.2, 0) is 7.05 Å². The Bertz CT molecular complexity index is 1100. The smallest absolute Gasteiger partial charge is 0.166 e. The number of benzene rings is 1. The number of aryl methyl sites for hydroxylation is 1. The maximum atomic E-state index is 14.6. The quantitative estimate of drug-likeness (QED) is 0.595. The highest BCUT2D eigenvalue weighted by molar-refractivity contribution is 6.31. The van der Waals surface area contributed by atoms with Crippen LogP contribution in [0.3, 0.4) is 0 Å². The number of nitrogens with zero attached hydrogens (tertiary/aromatic N) is 3. The monoisotopic (exact) mass is 445 g/mol. The highest BCUT2D eigenvalue weighted by Gasteiger charge is 2.25. The second-order valence-electron chi connectivity index (χ2n) is 7.71. The molecule has 0 radical (unpaired) electrons. The number of halogens is 2. The molecule has 7 nitrogen and oxygen atoms in total. The lowest BCUT2D eigenvalue weighted by Gasteiger charge is -2.23. The van der Waals surface area contributed by atoms with Crippen molar-refractivity contribution < 1.29 is 13.9 Å². The molecule has 1 aliphatic heterocycles. The second-order valence-corrected chi connectivity index (χ2v) is 8.09. The zero-order valence-electron chi connectivity index (χ0n) is 17.7. The average Bonchev–Trinajstić information content (AvgIpc) is 3.40. The molecule has 0 aliphatic carbocycles. The first-order chi connectivity index (χ1) is 14.8. The summed E-state index contributed by atoms with van der Waals surface area (Å²) < 4.78 is 28.5. The van der Waals surface area contributed by atoms with Gasteiger partial charge in [-0.3, -0.25) is 4.68 Å². The van der Waals surface area contributed by atoms with E-state index in [-0.39, 0.29) is 16.9 Å². The molecule has 0 saturated carbocycles. The highest BCUT2D eigenvalue weighted by Crippen LogP contribution is 2.39. The minimum atomic E-state index is -0.583. The molecular weight excluding hydrogens is 421 g/mol. The van der Waals surface area contributed by atoms with Crippen molar-refractivity contribution in [3.63, 3.8) is 0 Å². The van der Waals surface area contributed by atoms with Crippen LogP contribution in [0.2, 0.25) is 5.02 Å². The van der Waals surface area contributed by atoms with Crippen molar-refractivity contribution in [2.75, 3.05) is 18.8 Å². The largest absolute Gasteiger partial charge is 0.489 e. The molecular formula is C22H25ClFN5O2. The molecule has 1 aliphatic rings. The third-order valence-electron chi connectivity index (χ3n) is 5.42. The molecule has 9 heteroatoms. The van der Waals surface area contributed by atoms with Gasteiger partial charge in [0, 0.05) is 48.7 Å². The van der Waals surface area contributed by atoms with Crippen molar-refractivity contribution in [1.29, 1.82) is 0 Å². The average molecular weight is 446 g/mol. The fourth-order valence-electron chi connectivity index (χ4n) is 3.75. The standard InChI is InChI=1S/C22H25ClFN5O2/c1-12-18(31-16-4-5-26-10-16)7-17(24)21(23)20(12)13(2)30-19-6-14(8-27-22(19)25)15-9-28-29(3)11-15/h6-9,11,13,16,26H,4-5,10H2,1-3H3,(H2,25,27). The molecule has 2 unspecified atom stereocenters. The van der Waals surface area contributed by atoms with Gasteiger partial charge in [0.15, 0.2) is 11.6 Å². The molecule has 0 spiro atoms. The summed E-state index contributed by atoms with van der Waals surface area (Å²) in [5.41, 5.74) is 9.00. The Labute approximate surface area is 185 Å². The molecule has 31 heavy (non-hydrogen) atoms. The molecule has 0 amide bonds. The zero-order chi connectivity index (χ0) is 22.1. The number of rotatable bonds is 6. The van der Waals surface area contributed by atoms with Gasteiger partial charge in [-0.1, -0.05) is 11.6 Å². The molecule has 1 saturated heterocycles. The van der Waals surface area contributed by atoms with E-state index in [4.69, 9.17) is 26.8 Å². The topological polar surface area (TPSA) is 87.2 Å². The van der Waals surface area contributed by atoms with E-state index in [1.54, 1.807) is 30.1 Å². The van der Waals surface area contributed by atoms with Crippen LogP contribution < -0.4 is 20.5 Å². The van der Waals surface area contributed by atoms with Crippen molar-refractivity contribution in [1.82, 2.24) is 20.1 Å². The summed E-state index contributed by atoms with van der Waals surface area (Å²) in [7, 11) is 1.84. The van der Waals surface area contributed by atoms with Crippen molar-refractivity contribution in [3.05, 3.63) is 52.7 Å². The number of nitrogens with one attached hydrogen (secondary N) is 1. The molecule has 2 aromatic heterocycles. The number of aromatic nitrogens is 3. The second kappa shape index (κ2) is 8.72. The van der Waals surface area contributed by atoms with Gasteiger partial charge in [-0.05, 0) is 38.4 Å². The van der Waals surface area contributed by atoms with Gasteiger partial charge >= 0.3 is 0 Å². The number of pyridine rings is 1. The van der Waals surface area contributed by atoms with Crippen LogP contribution in [-0.4, -0.2) is 34.0 Å². The minimum Gasteiger partial charge on any atom is -0.489 e. The third-order valence-corrected chi connectivity index (χ3v) is 5.80. The van der Waals surface area contributed by atoms with E-state index in [1.807, 2.05) is 20.2 Å². The summed E-state index contributed by atoms with van der Waals surface area (Å²) >= 11 is 6.34. The van der Waals surface area contributed by atoms with Gasteiger partial charge in [0.2, 0.25) is 0 Å². The molecule has 0 bridgehead atoms. The molecule has 2 atom stereocenters. The maximum absolute atomic E-state index is 14.6. The van der Waals surface area contributed by atoms with Gasteiger partial charge in [0.1, 0.15) is 23.8 Å². The third kappa shape index (κ3) is 4.45. The van der Waals surface area contributed by atoms with E-state index in [2.05, 4.69) is 15.4 Å². The van der Waals surface area contributed by atoms with E-state index >= 15 is 0 Å². The summed E-state index contributed by atoms with van der Waals surface area (Å²) in [4.78, 5) is 4.24. The molecule has 1 fully saturated rings. The Hall–Kier alpha value is -2.84. The number of ether oxygens (including phenoxy) is 2. The number of anilines is 1. The minimum absolute atomic E-state index is 0.000595. The Balaban J connectivity index is 1.64. The van der Waals surface area contributed by atoms with Gasteiger partial charge in [-0.15, -0.1) is 0 Å². The van der Waals surface area contributed by atoms with Gasteiger partial charge in [0.25, 0.3) is 0 Å². The predicted octanol–water partition coefficient (Wildman–Crippen LogP) is 4.05. The first-order valence-electron chi connectivity index (χ1n) is 10.1. The van der Waals surface area contributed by atoms with Crippen LogP contribution in [0.15, 0.2) is 30.7 Å². The van der Waals surface area contributed by atoms with Crippen LogP contribution in [0.4, 0.5) is 10.2 Å². The van der Waals surface area contributed by atoms with E-state index in [0.717, 1.165) is 36.2 Å². The van der Waals surface area contributed by atoms with Gasteiger partial charge in [-0.25, -0.2) is 9.37 Å². The summed E-state index contributed by atoms with van der Waals surface area (Å²) in [6.07, 6.45) is 5.55. The molecule has 3 heterocycles.